The first-order valence-corrected chi connectivity index (χ1v) is 4.90. The molecule has 0 fully saturated rings. The Bertz CT molecular complexity index is 340. The van der Waals surface area contributed by atoms with Crippen LogP contribution in [-0.2, 0) is 4.74 Å². The lowest BCUT2D eigenvalue weighted by molar-refractivity contribution is 0.0696. The van der Waals surface area contributed by atoms with Crippen LogP contribution in [0.2, 0.25) is 0 Å². The monoisotopic (exact) mass is 225 g/mol. The van der Waals surface area contributed by atoms with Gasteiger partial charge in [0.2, 0.25) is 5.95 Å². The molecule has 6 heteroatoms. The van der Waals surface area contributed by atoms with Crippen LogP contribution in [0.4, 0.5) is 5.95 Å². The Kier molecular flexibility index (Phi) is 4.65. The minimum absolute atomic E-state index is 0.0917. The Balaban J connectivity index is 2.56. The van der Waals surface area contributed by atoms with E-state index in [4.69, 9.17) is 9.84 Å². The second-order valence-electron chi connectivity index (χ2n) is 3.34. The second kappa shape index (κ2) is 6.02. The van der Waals surface area contributed by atoms with Crippen LogP contribution in [0.5, 0.6) is 0 Å². The van der Waals surface area contributed by atoms with Gasteiger partial charge in [0.1, 0.15) is 0 Å². The van der Waals surface area contributed by atoms with Crippen molar-refractivity contribution in [2.24, 2.45) is 0 Å². The molecule has 0 bridgehead atoms. The minimum Gasteiger partial charge on any atom is -0.478 e. The summed E-state index contributed by atoms with van der Waals surface area (Å²) in [6.45, 7) is 1.44. The molecular formula is C10H15N3O3. The van der Waals surface area contributed by atoms with Gasteiger partial charge in [-0.25, -0.2) is 14.8 Å². The molecule has 0 radical (unpaired) electrons. The maximum absolute atomic E-state index is 10.6. The van der Waals surface area contributed by atoms with Gasteiger partial charge in [0, 0.05) is 39.7 Å². The summed E-state index contributed by atoms with van der Waals surface area (Å²) in [5.41, 5.74) is 0.0917. The van der Waals surface area contributed by atoms with Crippen molar-refractivity contribution in [1.82, 2.24) is 9.97 Å². The fourth-order valence-electron chi connectivity index (χ4n) is 1.17. The molecule has 1 N–H and O–H groups in total. The summed E-state index contributed by atoms with van der Waals surface area (Å²) >= 11 is 0. The van der Waals surface area contributed by atoms with Crippen LogP contribution < -0.4 is 4.90 Å². The molecular weight excluding hydrogens is 210 g/mol. The lowest BCUT2D eigenvalue weighted by atomic mass is 10.3. The first kappa shape index (κ1) is 12.4. The maximum Gasteiger partial charge on any atom is 0.338 e. The average molecular weight is 225 g/mol. The number of carbonyl (C=O) groups is 1. The number of nitrogens with zero attached hydrogens (tertiary/aromatic N) is 3. The Morgan fingerprint density at radius 1 is 1.50 bits per heavy atom. The number of carboxylic acids is 1. The molecule has 0 saturated heterocycles. The van der Waals surface area contributed by atoms with Gasteiger partial charge in [-0.2, -0.15) is 0 Å². The van der Waals surface area contributed by atoms with Crippen LogP contribution in [0, 0.1) is 0 Å². The summed E-state index contributed by atoms with van der Waals surface area (Å²) < 4.78 is 4.93. The van der Waals surface area contributed by atoms with E-state index in [0.717, 1.165) is 13.0 Å². The predicted octanol–water partition coefficient (Wildman–Crippen LogP) is 0.647. The normalized spacial score (nSPS) is 10.1. The molecule has 1 aromatic rings. The highest BCUT2D eigenvalue weighted by Gasteiger charge is 2.07. The molecule has 0 saturated carbocycles. The summed E-state index contributed by atoms with van der Waals surface area (Å²) in [6.07, 6.45) is 3.48. The zero-order valence-corrected chi connectivity index (χ0v) is 9.38. The molecule has 1 aromatic heterocycles. The molecule has 88 valence electrons. The quantitative estimate of drug-likeness (QED) is 0.716. The largest absolute Gasteiger partial charge is 0.478 e. The topological polar surface area (TPSA) is 75.5 Å². The van der Waals surface area contributed by atoms with Gasteiger partial charge in [0.15, 0.2) is 0 Å². The Labute approximate surface area is 93.9 Å². The summed E-state index contributed by atoms with van der Waals surface area (Å²) in [5.74, 6) is -0.505. The van der Waals surface area contributed by atoms with Gasteiger partial charge in [-0.15, -0.1) is 0 Å². The molecule has 0 aliphatic carbocycles. The van der Waals surface area contributed by atoms with Gasteiger partial charge >= 0.3 is 5.97 Å². The lowest BCUT2D eigenvalue weighted by Gasteiger charge is -2.16. The van der Waals surface area contributed by atoms with Gasteiger partial charge in [0.05, 0.1) is 5.56 Å². The van der Waals surface area contributed by atoms with E-state index in [9.17, 15) is 4.79 Å². The lowest BCUT2D eigenvalue weighted by Crippen LogP contribution is -2.22. The number of aromatic carboxylic acids is 1. The van der Waals surface area contributed by atoms with E-state index in [2.05, 4.69) is 9.97 Å². The van der Waals surface area contributed by atoms with Gasteiger partial charge in [-0.1, -0.05) is 0 Å². The third-order valence-electron chi connectivity index (χ3n) is 2.07. The summed E-state index contributed by atoms with van der Waals surface area (Å²) in [5, 5.41) is 8.68. The highest BCUT2D eigenvalue weighted by atomic mass is 16.5. The number of ether oxygens (including phenoxy) is 1. The molecule has 0 spiro atoms. The third-order valence-corrected chi connectivity index (χ3v) is 2.07. The van der Waals surface area contributed by atoms with Crippen molar-refractivity contribution >= 4 is 11.9 Å². The van der Waals surface area contributed by atoms with Crippen LogP contribution >= 0.6 is 0 Å². The average Bonchev–Trinajstić information content (AvgIpc) is 2.29. The zero-order chi connectivity index (χ0) is 12.0. The molecule has 0 atom stereocenters. The second-order valence-corrected chi connectivity index (χ2v) is 3.34. The summed E-state index contributed by atoms with van der Waals surface area (Å²) in [6, 6.07) is 0. The molecule has 0 unspecified atom stereocenters. The van der Waals surface area contributed by atoms with E-state index < -0.39 is 5.97 Å². The molecule has 16 heavy (non-hydrogen) atoms. The van der Waals surface area contributed by atoms with E-state index in [0.29, 0.717) is 12.6 Å². The number of hydrogen-bond donors (Lipinski definition) is 1. The van der Waals surface area contributed by atoms with Crippen molar-refractivity contribution < 1.29 is 14.6 Å². The Morgan fingerprint density at radius 2 is 2.12 bits per heavy atom. The van der Waals surface area contributed by atoms with E-state index in [1.807, 2.05) is 11.9 Å². The van der Waals surface area contributed by atoms with Crippen molar-refractivity contribution in [1.29, 1.82) is 0 Å². The first-order valence-electron chi connectivity index (χ1n) is 4.90. The van der Waals surface area contributed by atoms with Crippen molar-refractivity contribution in [3.8, 4) is 0 Å². The standard InChI is InChI=1S/C10H15N3O3/c1-13(4-3-5-16-2)10-11-6-8(7-12-10)9(14)15/h6-7H,3-5H2,1-2H3,(H,14,15). The number of carboxylic acid groups (broad SMARTS) is 1. The predicted molar refractivity (Wildman–Crippen MR) is 58.8 cm³/mol. The van der Waals surface area contributed by atoms with Gasteiger partial charge < -0.3 is 14.7 Å². The van der Waals surface area contributed by atoms with Gasteiger partial charge in [0.25, 0.3) is 0 Å². The van der Waals surface area contributed by atoms with Crippen LogP contribution in [0.25, 0.3) is 0 Å². The molecule has 1 heterocycles. The number of hydrogen-bond acceptors (Lipinski definition) is 5. The van der Waals surface area contributed by atoms with Crippen LogP contribution in [0.15, 0.2) is 12.4 Å². The van der Waals surface area contributed by atoms with Crippen molar-refractivity contribution in [3.05, 3.63) is 18.0 Å². The minimum atomic E-state index is -1.02. The summed E-state index contributed by atoms with van der Waals surface area (Å²) in [4.78, 5) is 20.4. The fourth-order valence-corrected chi connectivity index (χ4v) is 1.17. The molecule has 0 aliphatic heterocycles. The fraction of sp³-hybridized carbons (Fsp3) is 0.500. The van der Waals surface area contributed by atoms with Crippen LogP contribution in [0.3, 0.4) is 0 Å². The highest BCUT2D eigenvalue weighted by Crippen LogP contribution is 2.05. The number of anilines is 1. The first-order chi connectivity index (χ1) is 7.65. The van der Waals surface area contributed by atoms with Gasteiger partial charge in [-0.05, 0) is 6.42 Å². The number of methoxy groups -OCH3 is 1. The van der Waals surface area contributed by atoms with Crippen molar-refractivity contribution in [2.75, 3.05) is 32.2 Å². The summed E-state index contributed by atoms with van der Waals surface area (Å²) in [7, 11) is 3.50. The van der Waals surface area contributed by atoms with Gasteiger partial charge in [-0.3, -0.25) is 0 Å². The van der Waals surface area contributed by atoms with Crippen molar-refractivity contribution in [3.63, 3.8) is 0 Å². The van der Waals surface area contributed by atoms with Crippen molar-refractivity contribution in [2.45, 2.75) is 6.42 Å². The maximum atomic E-state index is 10.6. The van der Waals surface area contributed by atoms with Crippen LogP contribution in [0.1, 0.15) is 16.8 Å². The van der Waals surface area contributed by atoms with E-state index >= 15 is 0 Å². The molecule has 6 nitrogen and oxygen atoms in total. The zero-order valence-electron chi connectivity index (χ0n) is 9.38. The number of rotatable bonds is 6. The van der Waals surface area contributed by atoms with E-state index in [1.54, 1.807) is 7.11 Å². The smallest absolute Gasteiger partial charge is 0.338 e. The molecule has 0 aromatic carbocycles. The highest BCUT2D eigenvalue weighted by molar-refractivity contribution is 5.86. The van der Waals surface area contributed by atoms with E-state index in [1.165, 1.54) is 12.4 Å². The Hall–Kier alpha value is -1.69. The number of aromatic nitrogens is 2. The SMILES string of the molecule is COCCCN(C)c1ncc(C(=O)O)cn1. The molecule has 1 rings (SSSR count). The third kappa shape index (κ3) is 3.47. The van der Waals surface area contributed by atoms with E-state index in [-0.39, 0.29) is 5.56 Å². The molecule has 0 amide bonds. The van der Waals surface area contributed by atoms with Crippen LogP contribution in [-0.4, -0.2) is 48.4 Å². The molecule has 0 aliphatic rings. The Morgan fingerprint density at radius 3 is 2.62 bits per heavy atom.